The van der Waals surface area contributed by atoms with Gasteiger partial charge in [0, 0.05) is 5.57 Å². The minimum atomic E-state index is -0.781. The molecule has 1 aliphatic rings. The highest BCUT2D eigenvalue weighted by Gasteiger charge is 2.23. The first-order valence-corrected chi connectivity index (χ1v) is 5.42. The van der Waals surface area contributed by atoms with Crippen molar-refractivity contribution in [1.82, 2.24) is 0 Å². The second kappa shape index (κ2) is 4.63. The van der Waals surface area contributed by atoms with Gasteiger partial charge in [-0.3, -0.25) is 0 Å². The van der Waals surface area contributed by atoms with Crippen LogP contribution in [0.4, 0.5) is 0 Å². The van der Waals surface area contributed by atoms with Crippen molar-refractivity contribution in [1.29, 1.82) is 0 Å². The van der Waals surface area contributed by atoms with Gasteiger partial charge in [0.2, 0.25) is 0 Å². The maximum absolute atomic E-state index is 10.7. The molecule has 1 fully saturated rings. The summed E-state index contributed by atoms with van der Waals surface area (Å²) in [7, 11) is 0. The predicted molar refractivity (Wildman–Crippen MR) is 57.1 cm³/mol. The van der Waals surface area contributed by atoms with Gasteiger partial charge in [0.15, 0.2) is 0 Å². The van der Waals surface area contributed by atoms with E-state index in [1.54, 1.807) is 6.92 Å². The molecular formula is C12H20O2. The van der Waals surface area contributed by atoms with Crippen LogP contribution in [0.1, 0.15) is 40.0 Å². The van der Waals surface area contributed by atoms with Crippen LogP contribution in [0.5, 0.6) is 0 Å². The summed E-state index contributed by atoms with van der Waals surface area (Å²) in [5, 5.41) is 8.76. The van der Waals surface area contributed by atoms with E-state index in [0.717, 1.165) is 24.7 Å². The van der Waals surface area contributed by atoms with Crippen molar-refractivity contribution in [3.05, 3.63) is 11.6 Å². The van der Waals surface area contributed by atoms with Gasteiger partial charge >= 0.3 is 5.97 Å². The van der Waals surface area contributed by atoms with Crippen LogP contribution in [-0.2, 0) is 4.79 Å². The van der Waals surface area contributed by atoms with Crippen molar-refractivity contribution < 1.29 is 9.90 Å². The molecule has 0 aromatic carbocycles. The molecule has 80 valence electrons. The Labute approximate surface area is 86.0 Å². The lowest BCUT2D eigenvalue weighted by Gasteiger charge is -2.30. The van der Waals surface area contributed by atoms with Crippen LogP contribution in [0, 0.1) is 17.8 Å². The number of aliphatic carboxylic acids is 1. The third-order valence-corrected chi connectivity index (χ3v) is 3.46. The highest BCUT2D eigenvalue weighted by atomic mass is 16.4. The van der Waals surface area contributed by atoms with E-state index in [-0.39, 0.29) is 0 Å². The van der Waals surface area contributed by atoms with E-state index in [9.17, 15) is 4.79 Å². The minimum absolute atomic E-state index is 0.484. The normalized spacial score (nSPS) is 34.2. The van der Waals surface area contributed by atoms with E-state index in [2.05, 4.69) is 13.8 Å². The topological polar surface area (TPSA) is 37.3 Å². The number of hydrogen-bond donors (Lipinski definition) is 1. The molecular weight excluding hydrogens is 176 g/mol. The fraction of sp³-hybridized carbons (Fsp3) is 0.750. The Kier molecular flexibility index (Phi) is 3.73. The van der Waals surface area contributed by atoms with Gasteiger partial charge in [-0.2, -0.15) is 0 Å². The molecule has 3 unspecified atom stereocenters. The smallest absolute Gasteiger partial charge is 0.330 e. The Morgan fingerprint density at radius 3 is 2.43 bits per heavy atom. The molecule has 0 radical (unpaired) electrons. The molecule has 1 N–H and O–H groups in total. The van der Waals surface area contributed by atoms with Gasteiger partial charge in [-0.1, -0.05) is 19.9 Å². The van der Waals surface area contributed by atoms with Gasteiger partial charge in [0.05, 0.1) is 0 Å². The monoisotopic (exact) mass is 196 g/mol. The summed E-state index contributed by atoms with van der Waals surface area (Å²) < 4.78 is 0. The fourth-order valence-electron chi connectivity index (χ4n) is 2.17. The van der Waals surface area contributed by atoms with Gasteiger partial charge in [0.25, 0.3) is 0 Å². The zero-order chi connectivity index (χ0) is 10.7. The molecule has 0 spiro atoms. The summed E-state index contributed by atoms with van der Waals surface area (Å²) in [6.07, 6.45) is 5.46. The summed E-state index contributed by atoms with van der Waals surface area (Å²) in [5.74, 6) is 1.23. The maximum Gasteiger partial charge on any atom is 0.330 e. The molecule has 0 bridgehead atoms. The summed E-state index contributed by atoms with van der Waals surface area (Å²) >= 11 is 0. The van der Waals surface area contributed by atoms with Crippen molar-refractivity contribution >= 4 is 5.97 Å². The Bertz CT molecular complexity index is 243. The highest BCUT2D eigenvalue weighted by Crippen LogP contribution is 2.34. The molecule has 0 aliphatic heterocycles. The van der Waals surface area contributed by atoms with Gasteiger partial charge in [-0.05, 0) is 43.9 Å². The first kappa shape index (κ1) is 11.3. The predicted octanol–water partition coefficient (Wildman–Crippen LogP) is 3.09. The van der Waals surface area contributed by atoms with Crippen molar-refractivity contribution in [2.24, 2.45) is 17.8 Å². The van der Waals surface area contributed by atoms with E-state index < -0.39 is 5.97 Å². The largest absolute Gasteiger partial charge is 0.478 e. The molecule has 0 amide bonds. The van der Waals surface area contributed by atoms with Gasteiger partial charge in [-0.25, -0.2) is 4.79 Å². The lowest BCUT2D eigenvalue weighted by atomic mass is 9.75. The number of rotatable bonds is 2. The Morgan fingerprint density at radius 1 is 1.29 bits per heavy atom. The van der Waals surface area contributed by atoms with E-state index in [0.29, 0.717) is 11.5 Å². The summed E-state index contributed by atoms with van der Waals surface area (Å²) in [5.41, 5.74) is 0.497. The summed E-state index contributed by atoms with van der Waals surface area (Å²) in [6, 6.07) is 0. The standard InChI is InChI=1S/C12H20O2/c1-8-4-5-11(6-9(8)2)7-10(3)12(13)14/h7-9,11H,4-6H2,1-3H3,(H,13,14)/b10-7+. The van der Waals surface area contributed by atoms with Crippen molar-refractivity contribution in [2.45, 2.75) is 40.0 Å². The van der Waals surface area contributed by atoms with Crippen LogP contribution in [0.25, 0.3) is 0 Å². The van der Waals surface area contributed by atoms with E-state index in [1.807, 2.05) is 6.08 Å². The lowest BCUT2D eigenvalue weighted by Crippen LogP contribution is -2.20. The molecule has 1 aliphatic carbocycles. The number of carboxylic acid groups (broad SMARTS) is 1. The number of allylic oxidation sites excluding steroid dienone is 1. The van der Waals surface area contributed by atoms with Crippen LogP contribution in [0.15, 0.2) is 11.6 Å². The summed E-state index contributed by atoms with van der Waals surface area (Å²) in [6.45, 7) is 6.24. The molecule has 1 saturated carbocycles. The Morgan fingerprint density at radius 2 is 1.93 bits per heavy atom. The maximum atomic E-state index is 10.7. The molecule has 0 saturated heterocycles. The summed E-state index contributed by atoms with van der Waals surface area (Å²) in [4.78, 5) is 10.7. The molecule has 0 aromatic heterocycles. The first-order valence-electron chi connectivity index (χ1n) is 5.42. The molecule has 2 heteroatoms. The molecule has 14 heavy (non-hydrogen) atoms. The molecule has 0 heterocycles. The lowest BCUT2D eigenvalue weighted by molar-refractivity contribution is -0.132. The van der Waals surface area contributed by atoms with Gasteiger partial charge < -0.3 is 5.11 Å². The van der Waals surface area contributed by atoms with Crippen LogP contribution in [0.3, 0.4) is 0 Å². The highest BCUT2D eigenvalue weighted by molar-refractivity contribution is 5.85. The average Bonchev–Trinajstić information content (AvgIpc) is 2.11. The van der Waals surface area contributed by atoms with Crippen molar-refractivity contribution in [3.8, 4) is 0 Å². The van der Waals surface area contributed by atoms with Crippen LogP contribution >= 0.6 is 0 Å². The van der Waals surface area contributed by atoms with E-state index in [4.69, 9.17) is 5.11 Å². The zero-order valence-corrected chi connectivity index (χ0v) is 9.29. The second-order valence-electron chi connectivity index (χ2n) is 4.68. The van der Waals surface area contributed by atoms with E-state index in [1.165, 1.54) is 6.42 Å². The molecule has 3 atom stereocenters. The fourth-order valence-corrected chi connectivity index (χ4v) is 2.17. The van der Waals surface area contributed by atoms with Crippen LogP contribution in [0.2, 0.25) is 0 Å². The molecule has 2 nitrogen and oxygen atoms in total. The van der Waals surface area contributed by atoms with Crippen molar-refractivity contribution in [2.75, 3.05) is 0 Å². The minimum Gasteiger partial charge on any atom is -0.478 e. The average molecular weight is 196 g/mol. The SMILES string of the molecule is C/C(=C\C1CCC(C)C(C)C1)C(=O)O. The number of carbonyl (C=O) groups is 1. The first-order chi connectivity index (χ1) is 6.50. The third-order valence-electron chi connectivity index (χ3n) is 3.46. The quantitative estimate of drug-likeness (QED) is 0.689. The third kappa shape index (κ3) is 2.86. The Balaban J connectivity index is 2.55. The zero-order valence-electron chi connectivity index (χ0n) is 9.29. The van der Waals surface area contributed by atoms with Gasteiger partial charge in [-0.15, -0.1) is 0 Å². The molecule has 1 rings (SSSR count). The van der Waals surface area contributed by atoms with Crippen LogP contribution < -0.4 is 0 Å². The number of hydrogen-bond acceptors (Lipinski definition) is 1. The van der Waals surface area contributed by atoms with Gasteiger partial charge in [0.1, 0.15) is 0 Å². The second-order valence-corrected chi connectivity index (χ2v) is 4.68. The molecule has 0 aromatic rings. The number of carboxylic acids is 1. The van der Waals surface area contributed by atoms with Crippen molar-refractivity contribution in [3.63, 3.8) is 0 Å². The van der Waals surface area contributed by atoms with E-state index >= 15 is 0 Å². The van der Waals surface area contributed by atoms with Crippen LogP contribution in [-0.4, -0.2) is 11.1 Å². The Hall–Kier alpha value is -0.790.